The highest BCUT2D eigenvalue weighted by molar-refractivity contribution is 9.10. The maximum atomic E-state index is 6.01. The van der Waals surface area contributed by atoms with Crippen molar-refractivity contribution in [2.75, 3.05) is 12.4 Å². The van der Waals surface area contributed by atoms with E-state index >= 15 is 0 Å². The van der Waals surface area contributed by atoms with Crippen molar-refractivity contribution >= 4 is 33.2 Å². The van der Waals surface area contributed by atoms with Crippen molar-refractivity contribution in [2.24, 2.45) is 0 Å². The number of rotatable bonds is 4. The summed E-state index contributed by atoms with van der Waals surface area (Å²) in [5.74, 6) is 0.672. The van der Waals surface area contributed by atoms with Gasteiger partial charge in [0.25, 0.3) is 0 Å². The lowest BCUT2D eigenvalue weighted by Crippen LogP contribution is -2.07. The highest BCUT2D eigenvalue weighted by atomic mass is 79.9. The van der Waals surface area contributed by atoms with Crippen LogP contribution in [0.1, 0.15) is 18.5 Å². The predicted octanol–water partition coefficient (Wildman–Crippen LogP) is 5.28. The number of nitrogens with one attached hydrogen (secondary N) is 1. The minimum atomic E-state index is 0.182. The summed E-state index contributed by atoms with van der Waals surface area (Å²) in [6.07, 6.45) is 0. The number of benzene rings is 2. The number of halogens is 2. The molecule has 1 N–H and O–H groups in total. The average Bonchev–Trinajstić information content (AvgIpc) is 2.41. The highest BCUT2D eigenvalue weighted by Gasteiger charge is 2.09. The Morgan fingerprint density at radius 1 is 1.21 bits per heavy atom. The van der Waals surface area contributed by atoms with Crippen LogP contribution in [0.5, 0.6) is 5.75 Å². The summed E-state index contributed by atoms with van der Waals surface area (Å²) in [6.45, 7) is 2.11. The molecule has 0 spiro atoms. The molecular weight excluding hydrogens is 326 g/mol. The summed E-state index contributed by atoms with van der Waals surface area (Å²) in [5.41, 5.74) is 2.18. The SMILES string of the molecule is COc1cc(NC(C)c2ccccc2Br)ccc1Cl. The molecule has 0 aromatic heterocycles. The van der Waals surface area contributed by atoms with Gasteiger partial charge in [-0.15, -0.1) is 0 Å². The molecular formula is C15H15BrClNO. The number of ether oxygens (including phenoxy) is 1. The normalized spacial score (nSPS) is 12.0. The van der Waals surface area contributed by atoms with Gasteiger partial charge in [0.2, 0.25) is 0 Å². The molecule has 2 aromatic carbocycles. The Balaban J connectivity index is 2.19. The third-order valence-electron chi connectivity index (χ3n) is 2.91. The Morgan fingerprint density at radius 2 is 1.95 bits per heavy atom. The van der Waals surface area contributed by atoms with Crippen LogP contribution in [0.3, 0.4) is 0 Å². The molecule has 0 saturated carbocycles. The molecule has 2 nitrogen and oxygen atoms in total. The molecule has 2 rings (SSSR count). The summed E-state index contributed by atoms with van der Waals surface area (Å²) in [7, 11) is 1.61. The van der Waals surface area contributed by atoms with E-state index < -0.39 is 0 Å². The fraction of sp³-hybridized carbons (Fsp3) is 0.200. The summed E-state index contributed by atoms with van der Waals surface area (Å²) in [4.78, 5) is 0. The van der Waals surface area contributed by atoms with E-state index in [4.69, 9.17) is 16.3 Å². The van der Waals surface area contributed by atoms with E-state index in [1.54, 1.807) is 7.11 Å². The van der Waals surface area contributed by atoms with Crippen LogP contribution in [-0.2, 0) is 0 Å². The first-order valence-electron chi connectivity index (χ1n) is 5.96. The first-order valence-corrected chi connectivity index (χ1v) is 7.13. The maximum Gasteiger partial charge on any atom is 0.139 e. The molecule has 0 aliphatic heterocycles. The van der Waals surface area contributed by atoms with E-state index in [1.807, 2.05) is 36.4 Å². The van der Waals surface area contributed by atoms with Gasteiger partial charge in [-0.1, -0.05) is 45.7 Å². The Kier molecular flexibility index (Phi) is 4.72. The summed E-state index contributed by atoms with van der Waals surface area (Å²) >= 11 is 9.58. The van der Waals surface area contributed by atoms with Crippen molar-refractivity contribution in [3.8, 4) is 5.75 Å². The smallest absolute Gasteiger partial charge is 0.139 e. The van der Waals surface area contributed by atoms with E-state index in [0.717, 1.165) is 10.2 Å². The second-order valence-electron chi connectivity index (χ2n) is 4.24. The lowest BCUT2D eigenvalue weighted by atomic mass is 10.1. The first-order chi connectivity index (χ1) is 9.11. The van der Waals surface area contributed by atoms with Gasteiger partial charge >= 0.3 is 0 Å². The molecule has 0 radical (unpaired) electrons. The average molecular weight is 341 g/mol. The Morgan fingerprint density at radius 3 is 2.63 bits per heavy atom. The zero-order valence-electron chi connectivity index (χ0n) is 10.8. The van der Waals surface area contributed by atoms with Crippen LogP contribution >= 0.6 is 27.5 Å². The standard InChI is InChI=1S/C15H15BrClNO/c1-10(12-5-3-4-6-13(12)16)18-11-7-8-14(17)15(9-11)19-2/h3-10,18H,1-2H3. The van der Waals surface area contributed by atoms with Gasteiger partial charge in [0, 0.05) is 22.3 Å². The van der Waals surface area contributed by atoms with Gasteiger partial charge in [-0.05, 0) is 30.7 Å². The van der Waals surface area contributed by atoms with Crippen LogP contribution in [0.2, 0.25) is 5.02 Å². The quantitative estimate of drug-likeness (QED) is 0.817. The van der Waals surface area contributed by atoms with Crippen LogP contribution < -0.4 is 10.1 Å². The van der Waals surface area contributed by atoms with Crippen molar-refractivity contribution in [2.45, 2.75) is 13.0 Å². The van der Waals surface area contributed by atoms with Gasteiger partial charge in [-0.25, -0.2) is 0 Å². The van der Waals surface area contributed by atoms with Crippen LogP contribution in [0.25, 0.3) is 0 Å². The molecule has 0 fully saturated rings. The maximum absolute atomic E-state index is 6.01. The van der Waals surface area contributed by atoms with Gasteiger partial charge in [0.1, 0.15) is 5.75 Å². The van der Waals surface area contributed by atoms with Crippen molar-refractivity contribution in [3.63, 3.8) is 0 Å². The molecule has 1 atom stereocenters. The number of hydrogen-bond donors (Lipinski definition) is 1. The van der Waals surface area contributed by atoms with Crippen molar-refractivity contribution in [3.05, 3.63) is 57.5 Å². The summed E-state index contributed by atoms with van der Waals surface area (Å²) in [5, 5.41) is 4.04. The highest BCUT2D eigenvalue weighted by Crippen LogP contribution is 2.30. The second-order valence-corrected chi connectivity index (χ2v) is 5.50. The van der Waals surface area contributed by atoms with Crippen LogP contribution in [-0.4, -0.2) is 7.11 Å². The van der Waals surface area contributed by atoms with Crippen LogP contribution in [0.15, 0.2) is 46.9 Å². The van der Waals surface area contributed by atoms with Crippen molar-refractivity contribution in [1.29, 1.82) is 0 Å². The van der Waals surface area contributed by atoms with E-state index in [-0.39, 0.29) is 6.04 Å². The van der Waals surface area contributed by atoms with E-state index in [0.29, 0.717) is 10.8 Å². The molecule has 1 unspecified atom stereocenters. The van der Waals surface area contributed by atoms with Crippen molar-refractivity contribution < 1.29 is 4.74 Å². The van der Waals surface area contributed by atoms with Crippen LogP contribution in [0, 0.1) is 0 Å². The minimum Gasteiger partial charge on any atom is -0.495 e. The fourth-order valence-corrected chi connectivity index (χ4v) is 2.73. The van der Waals surface area contributed by atoms with Gasteiger partial charge in [0.05, 0.1) is 12.1 Å². The molecule has 2 aromatic rings. The van der Waals surface area contributed by atoms with Gasteiger partial charge in [-0.3, -0.25) is 0 Å². The Labute approximate surface area is 126 Å². The minimum absolute atomic E-state index is 0.182. The molecule has 0 aliphatic rings. The molecule has 0 aliphatic carbocycles. The third-order valence-corrected chi connectivity index (χ3v) is 3.94. The largest absolute Gasteiger partial charge is 0.495 e. The van der Waals surface area contributed by atoms with Gasteiger partial charge in [-0.2, -0.15) is 0 Å². The molecule has 0 amide bonds. The van der Waals surface area contributed by atoms with Gasteiger partial charge < -0.3 is 10.1 Å². The molecule has 0 saturated heterocycles. The lowest BCUT2D eigenvalue weighted by Gasteiger charge is -2.18. The van der Waals surface area contributed by atoms with E-state index in [1.165, 1.54) is 5.56 Å². The van der Waals surface area contributed by atoms with Gasteiger partial charge in [0.15, 0.2) is 0 Å². The fourth-order valence-electron chi connectivity index (χ4n) is 1.90. The van der Waals surface area contributed by atoms with Crippen LogP contribution in [0.4, 0.5) is 5.69 Å². The lowest BCUT2D eigenvalue weighted by molar-refractivity contribution is 0.415. The van der Waals surface area contributed by atoms with E-state index in [9.17, 15) is 0 Å². The first kappa shape index (κ1) is 14.2. The van der Waals surface area contributed by atoms with E-state index in [2.05, 4.69) is 34.2 Å². The summed E-state index contributed by atoms with van der Waals surface area (Å²) in [6, 6.07) is 14.0. The molecule has 0 bridgehead atoms. The third kappa shape index (κ3) is 3.43. The molecule has 100 valence electrons. The number of anilines is 1. The molecule has 0 heterocycles. The zero-order chi connectivity index (χ0) is 13.8. The zero-order valence-corrected chi connectivity index (χ0v) is 13.1. The van der Waals surface area contributed by atoms with Crippen molar-refractivity contribution in [1.82, 2.24) is 0 Å². The Bertz CT molecular complexity index is 574. The monoisotopic (exact) mass is 339 g/mol. The summed E-state index contributed by atoms with van der Waals surface area (Å²) < 4.78 is 6.31. The number of hydrogen-bond acceptors (Lipinski definition) is 2. The number of methoxy groups -OCH3 is 1. The predicted molar refractivity (Wildman–Crippen MR) is 84.2 cm³/mol. The topological polar surface area (TPSA) is 21.3 Å². The second kappa shape index (κ2) is 6.31. The molecule has 19 heavy (non-hydrogen) atoms. The molecule has 4 heteroatoms. The Hall–Kier alpha value is -1.19.